The second-order valence-electron chi connectivity index (χ2n) is 17.6. The molecule has 0 aliphatic carbocycles. The quantitative estimate of drug-likeness (QED) is 0.163. The zero-order valence-corrected chi connectivity index (χ0v) is 36.5. The van der Waals surface area contributed by atoms with Crippen molar-refractivity contribution in [3.8, 4) is 22.3 Å². The van der Waals surface area contributed by atoms with Crippen molar-refractivity contribution in [2.75, 3.05) is 9.80 Å². The zero-order chi connectivity index (χ0) is 43.9. The second-order valence-corrected chi connectivity index (χ2v) is 19.8. The first-order valence-corrected chi connectivity index (χ1v) is 21.9. The maximum Gasteiger partial charge on any atom is 0.416 e. The van der Waals surface area contributed by atoms with Gasteiger partial charge in [0.1, 0.15) is 0 Å². The number of halogens is 6. The first kappa shape index (κ1) is 41.8. The summed E-state index contributed by atoms with van der Waals surface area (Å²) in [6.45, 7) is 12.2. The van der Waals surface area contributed by atoms with E-state index in [1.54, 1.807) is 35.7 Å². The summed E-state index contributed by atoms with van der Waals surface area (Å²) in [5.41, 5.74) is 4.30. The van der Waals surface area contributed by atoms with Crippen LogP contribution in [-0.4, -0.2) is 0 Å². The number of para-hydroxylation sites is 4. The smallest absolute Gasteiger partial charge is 0.307 e. The second kappa shape index (κ2) is 15.1. The Morgan fingerprint density at radius 3 is 0.968 bits per heavy atom. The largest absolute Gasteiger partial charge is 0.416 e. The van der Waals surface area contributed by atoms with Gasteiger partial charge in [0.05, 0.1) is 45.3 Å². The number of rotatable bonds is 4. The van der Waals surface area contributed by atoms with Crippen LogP contribution < -0.4 is 9.80 Å². The predicted molar refractivity (Wildman–Crippen MR) is 242 cm³/mol. The molecule has 0 bridgehead atoms. The number of fused-ring (bicyclic) bond motifs is 4. The molecular formula is C52H42F6N2S2. The molecular weight excluding hydrogens is 831 g/mol. The van der Waals surface area contributed by atoms with Crippen molar-refractivity contribution >= 4 is 57.6 Å². The first-order chi connectivity index (χ1) is 29.3. The van der Waals surface area contributed by atoms with Crippen molar-refractivity contribution < 1.29 is 26.3 Å². The summed E-state index contributed by atoms with van der Waals surface area (Å²) < 4.78 is 89.4. The van der Waals surface area contributed by atoms with Crippen molar-refractivity contribution in [1.82, 2.24) is 0 Å². The van der Waals surface area contributed by atoms with Gasteiger partial charge in [0.15, 0.2) is 0 Å². The van der Waals surface area contributed by atoms with Gasteiger partial charge in [0, 0.05) is 36.3 Å². The van der Waals surface area contributed by atoms with Crippen LogP contribution in [0.3, 0.4) is 0 Å². The van der Waals surface area contributed by atoms with Crippen LogP contribution in [0.1, 0.15) is 63.8 Å². The zero-order valence-electron chi connectivity index (χ0n) is 34.8. The Balaban J connectivity index is 1.61. The van der Waals surface area contributed by atoms with Crippen molar-refractivity contribution in [3.05, 3.63) is 168 Å². The molecule has 2 aliphatic rings. The summed E-state index contributed by atoms with van der Waals surface area (Å²) in [5.74, 6) is 0. The van der Waals surface area contributed by atoms with E-state index in [1.807, 2.05) is 118 Å². The highest BCUT2D eigenvalue weighted by atomic mass is 32.2. The van der Waals surface area contributed by atoms with Gasteiger partial charge < -0.3 is 9.80 Å². The van der Waals surface area contributed by atoms with Gasteiger partial charge in [-0.1, -0.05) is 138 Å². The molecule has 0 aromatic heterocycles. The molecule has 7 aromatic rings. The standard InChI is InChI=1S/C52H42F6N2S2/c1-49(2,3)45-43(31-17-15-19-33(29-31)51(53,54)55)47(59-35-21-7-11-25-39(35)61-40-26-12-8-22-36(40)59)46(50(4,5)6)48(44(45)32-18-16-20-34(30-32)52(56,57)58)60-37-23-9-13-27-41(37)62-42-28-14-10-24-38(42)60/h7-30H,1-6H3. The molecule has 9 rings (SSSR count). The first-order valence-electron chi connectivity index (χ1n) is 20.2. The van der Waals surface area contributed by atoms with Crippen LogP contribution in [0.15, 0.2) is 165 Å². The fourth-order valence-corrected chi connectivity index (χ4v) is 10.9. The number of hydrogen-bond acceptors (Lipinski definition) is 4. The average molecular weight is 873 g/mol. The fraction of sp³-hybridized carbons (Fsp3) is 0.192. The molecule has 0 amide bonds. The lowest BCUT2D eigenvalue weighted by molar-refractivity contribution is -0.138. The van der Waals surface area contributed by atoms with Crippen LogP contribution in [0.4, 0.5) is 60.5 Å². The Labute approximate surface area is 366 Å². The van der Waals surface area contributed by atoms with Crippen molar-refractivity contribution in [2.24, 2.45) is 0 Å². The molecule has 0 radical (unpaired) electrons. The Morgan fingerprint density at radius 2 is 0.677 bits per heavy atom. The van der Waals surface area contributed by atoms with E-state index in [9.17, 15) is 26.3 Å². The number of alkyl halides is 6. The minimum absolute atomic E-state index is 0.299. The van der Waals surface area contributed by atoms with E-state index in [4.69, 9.17) is 0 Å². The summed E-state index contributed by atoms with van der Waals surface area (Å²) in [6.07, 6.45) is -9.34. The molecule has 0 saturated carbocycles. The minimum atomic E-state index is -4.67. The Morgan fingerprint density at radius 1 is 0.371 bits per heavy atom. The molecule has 0 unspecified atom stereocenters. The van der Waals surface area contributed by atoms with Crippen LogP contribution in [-0.2, 0) is 23.2 Å². The molecule has 0 saturated heterocycles. The van der Waals surface area contributed by atoms with E-state index in [-0.39, 0.29) is 0 Å². The van der Waals surface area contributed by atoms with E-state index < -0.39 is 34.3 Å². The van der Waals surface area contributed by atoms with Crippen LogP contribution in [0, 0.1) is 0 Å². The topological polar surface area (TPSA) is 6.48 Å². The molecule has 0 fully saturated rings. The number of hydrogen-bond donors (Lipinski definition) is 0. The molecule has 2 nitrogen and oxygen atoms in total. The van der Waals surface area contributed by atoms with Gasteiger partial charge in [-0.15, -0.1) is 0 Å². The SMILES string of the molecule is CC(C)(C)c1c(-c2cccc(C(F)(F)F)c2)c(N2c3ccccc3Sc3ccccc32)c(C(C)(C)C)c(N2c3ccccc3Sc3ccccc32)c1-c1cccc(C(F)(F)F)c1. The van der Waals surface area contributed by atoms with Gasteiger partial charge in [-0.2, -0.15) is 26.3 Å². The summed E-state index contributed by atoms with van der Waals surface area (Å²) in [5, 5.41) is 0. The van der Waals surface area contributed by atoms with Gasteiger partial charge in [0.25, 0.3) is 0 Å². The van der Waals surface area contributed by atoms with E-state index in [2.05, 4.69) is 30.6 Å². The Hall–Kier alpha value is -5.58. The summed E-state index contributed by atoms with van der Waals surface area (Å²) >= 11 is 3.24. The van der Waals surface area contributed by atoms with Gasteiger partial charge in [-0.3, -0.25) is 0 Å². The third-order valence-electron chi connectivity index (χ3n) is 11.2. The van der Waals surface area contributed by atoms with Crippen molar-refractivity contribution in [2.45, 2.75) is 84.3 Å². The molecule has 0 spiro atoms. The lowest BCUT2D eigenvalue weighted by Crippen LogP contribution is -2.29. The minimum Gasteiger partial charge on any atom is -0.307 e. The molecule has 314 valence electrons. The lowest BCUT2D eigenvalue weighted by Gasteiger charge is -2.45. The van der Waals surface area contributed by atoms with E-state index in [0.717, 1.165) is 60.0 Å². The number of nitrogens with zero attached hydrogens (tertiary/aromatic N) is 2. The van der Waals surface area contributed by atoms with Crippen LogP contribution in [0.25, 0.3) is 22.3 Å². The monoisotopic (exact) mass is 872 g/mol. The maximum absolute atomic E-state index is 14.9. The average Bonchev–Trinajstić information content (AvgIpc) is 3.22. The summed E-state index contributed by atoms with van der Waals surface area (Å²) in [6, 6.07) is 42.7. The van der Waals surface area contributed by atoms with Crippen LogP contribution in [0.5, 0.6) is 0 Å². The molecule has 7 aromatic carbocycles. The van der Waals surface area contributed by atoms with Crippen LogP contribution >= 0.6 is 23.5 Å². The van der Waals surface area contributed by atoms with Gasteiger partial charge in [-0.05, 0) is 100 Å². The third-order valence-corrected chi connectivity index (χ3v) is 13.5. The number of anilines is 6. The highest BCUT2D eigenvalue weighted by molar-refractivity contribution is 8.00. The fourth-order valence-electron chi connectivity index (χ4n) is 8.79. The van der Waals surface area contributed by atoms with Gasteiger partial charge in [-0.25, -0.2) is 0 Å². The van der Waals surface area contributed by atoms with Crippen LogP contribution in [0.2, 0.25) is 0 Å². The molecule has 62 heavy (non-hydrogen) atoms. The number of benzene rings is 7. The summed E-state index contributed by atoms with van der Waals surface area (Å²) in [7, 11) is 0. The van der Waals surface area contributed by atoms with Gasteiger partial charge in [0.2, 0.25) is 0 Å². The highest BCUT2D eigenvalue weighted by Crippen LogP contribution is 2.64. The van der Waals surface area contributed by atoms with E-state index >= 15 is 0 Å². The maximum atomic E-state index is 14.9. The van der Waals surface area contributed by atoms with Crippen molar-refractivity contribution in [1.29, 1.82) is 0 Å². The Kier molecular flexibility index (Phi) is 10.1. The predicted octanol–water partition coefficient (Wildman–Crippen LogP) is 17.5. The third kappa shape index (κ3) is 7.24. The molecule has 10 heteroatoms. The lowest BCUT2D eigenvalue weighted by atomic mass is 9.70. The summed E-state index contributed by atoms with van der Waals surface area (Å²) in [4.78, 5) is 8.17. The van der Waals surface area contributed by atoms with Gasteiger partial charge >= 0.3 is 12.4 Å². The molecule has 0 N–H and O–H groups in total. The molecule has 2 heterocycles. The Bertz CT molecular complexity index is 2610. The van der Waals surface area contributed by atoms with E-state index in [1.165, 1.54) is 24.3 Å². The van der Waals surface area contributed by atoms with Crippen molar-refractivity contribution in [3.63, 3.8) is 0 Å². The van der Waals surface area contributed by atoms with E-state index in [0.29, 0.717) is 39.2 Å². The normalized spacial score (nSPS) is 13.9. The highest BCUT2D eigenvalue weighted by Gasteiger charge is 2.43. The molecule has 2 aliphatic heterocycles. The molecule has 0 atom stereocenters.